The van der Waals surface area contributed by atoms with Crippen molar-refractivity contribution in [2.45, 2.75) is 51.7 Å². The van der Waals surface area contributed by atoms with Gasteiger partial charge in [0.2, 0.25) is 5.88 Å². The summed E-state index contributed by atoms with van der Waals surface area (Å²) < 4.78 is 6.30. The average Bonchev–Trinajstić information content (AvgIpc) is 3.43. The van der Waals surface area contributed by atoms with E-state index in [-0.39, 0.29) is 36.3 Å². The second-order valence-electron chi connectivity index (χ2n) is 9.87. The molecule has 1 N–H and O–H groups in total. The van der Waals surface area contributed by atoms with E-state index in [1.807, 2.05) is 13.8 Å². The van der Waals surface area contributed by atoms with E-state index in [2.05, 4.69) is 21.8 Å². The number of carbonyl (C=O) groups is 2. The smallest absolute Gasteiger partial charge is 0.259 e. The number of hydrogen-bond donors (Lipinski definition) is 1. The molecular weight excluding hydrogens is 456 g/mol. The molecule has 2 aromatic heterocycles. The molecule has 0 saturated heterocycles. The summed E-state index contributed by atoms with van der Waals surface area (Å²) >= 11 is 0. The Hall–Kier alpha value is -3.44. The number of rotatable bonds is 5. The van der Waals surface area contributed by atoms with Crippen LogP contribution in [0.5, 0.6) is 5.88 Å². The van der Waals surface area contributed by atoms with E-state index in [0.717, 1.165) is 12.8 Å². The molecule has 8 heteroatoms. The zero-order valence-corrected chi connectivity index (χ0v) is 21.2. The van der Waals surface area contributed by atoms with Crippen molar-refractivity contribution < 1.29 is 19.4 Å². The fourth-order valence-corrected chi connectivity index (χ4v) is 4.71. The molecule has 190 valence electrons. The summed E-state index contributed by atoms with van der Waals surface area (Å²) in [6.07, 6.45) is 9.04. The number of fused-ring (bicyclic) bond motifs is 1. The summed E-state index contributed by atoms with van der Waals surface area (Å²) in [6, 6.07) is 4.71. The van der Waals surface area contributed by atoms with Gasteiger partial charge in [-0.25, -0.2) is 4.98 Å². The quantitative estimate of drug-likeness (QED) is 0.648. The average molecular weight is 491 g/mol. The van der Waals surface area contributed by atoms with Crippen LogP contribution in [0.15, 0.2) is 36.8 Å². The minimum atomic E-state index is -0.413. The lowest BCUT2D eigenvalue weighted by atomic mass is 9.99. The molecule has 0 bridgehead atoms. The van der Waals surface area contributed by atoms with Crippen LogP contribution in [0, 0.1) is 23.7 Å². The Morgan fingerprint density at radius 3 is 2.72 bits per heavy atom. The number of ether oxygens (including phenoxy) is 1. The molecule has 1 aliphatic heterocycles. The largest absolute Gasteiger partial charge is 0.472 e. The molecule has 0 radical (unpaired) electrons. The normalized spacial score (nSPS) is 20.9. The van der Waals surface area contributed by atoms with Gasteiger partial charge < -0.3 is 19.6 Å². The molecule has 0 unspecified atom stereocenters. The number of amides is 2. The highest BCUT2D eigenvalue weighted by atomic mass is 16.5. The van der Waals surface area contributed by atoms with E-state index >= 15 is 0 Å². The van der Waals surface area contributed by atoms with Crippen LogP contribution in [0.2, 0.25) is 0 Å². The molecular formula is C28H34N4O4. The molecule has 0 aromatic carbocycles. The van der Waals surface area contributed by atoms with Crippen molar-refractivity contribution in [1.29, 1.82) is 0 Å². The predicted octanol–water partition coefficient (Wildman–Crippen LogP) is 3.01. The topological polar surface area (TPSA) is 95.9 Å². The molecule has 8 nitrogen and oxygen atoms in total. The third-order valence-corrected chi connectivity index (χ3v) is 7.02. The van der Waals surface area contributed by atoms with Crippen LogP contribution in [-0.4, -0.2) is 75.6 Å². The lowest BCUT2D eigenvalue weighted by Gasteiger charge is -2.37. The zero-order valence-electron chi connectivity index (χ0n) is 21.2. The summed E-state index contributed by atoms with van der Waals surface area (Å²) in [4.78, 5) is 38.2. The van der Waals surface area contributed by atoms with Crippen LogP contribution in [0.25, 0.3) is 0 Å². The second kappa shape index (κ2) is 11.5. The summed E-state index contributed by atoms with van der Waals surface area (Å²) in [5, 5.41) is 9.85. The first-order valence-electron chi connectivity index (χ1n) is 12.6. The van der Waals surface area contributed by atoms with E-state index in [1.165, 1.54) is 12.8 Å². The maximum absolute atomic E-state index is 13.5. The van der Waals surface area contributed by atoms with Crippen LogP contribution in [-0.2, 0) is 0 Å². The third kappa shape index (κ3) is 5.85. The molecule has 36 heavy (non-hydrogen) atoms. The van der Waals surface area contributed by atoms with Crippen molar-refractivity contribution in [3.63, 3.8) is 0 Å². The molecule has 2 aliphatic rings. The van der Waals surface area contributed by atoms with Gasteiger partial charge in [-0.3, -0.25) is 14.6 Å². The lowest BCUT2D eigenvalue weighted by molar-refractivity contribution is 0.0313. The van der Waals surface area contributed by atoms with Crippen LogP contribution >= 0.6 is 0 Å². The molecule has 4 rings (SSSR count). The van der Waals surface area contributed by atoms with Crippen molar-refractivity contribution >= 4 is 11.8 Å². The molecule has 0 spiro atoms. The van der Waals surface area contributed by atoms with Gasteiger partial charge in [-0.05, 0) is 38.0 Å². The van der Waals surface area contributed by atoms with Crippen LogP contribution < -0.4 is 4.74 Å². The second-order valence-corrected chi connectivity index (χ2v) is 9.87. The fourth-order valence-electron chi connectivity index (χ4n) is 4.71. The number of aromatic nitrogens is 2. The van der Waals surface area contributed by atoms with E-state index in [4.69, 9.17) is 4.74 Å². The number of nitrogens with zero attached hydrogens (tertiary/aromatic N) is 4. The summed E-state index contributed by atoms with van der Waals surface area (Å²) in [7, 11) is 1.73. The third-order valence-electron chi connectivity index (χ3n) is 7.02. The van der Waals surface area contributed by atoms with Crippen molar-refractivity contribution in [3.05, 3.63) is 53.5 Å². The van der Waals surface area contributed by atoms with E-state index in [1.54, 1.807) is 53.6 Å². The molecule has 3 atom stereocenters. The fraction of sp³-hybridized carbons (Fsp3) is 0.500. The maximum Gasteiger partial charge on any atom is 0.259 e. The minimum Gasteiger partial charge on any atom is -0.472 e. The summed E-state index contributed by atoms with van der Waals surface area (Å²) in [6.45, 7) is 4.32. The van der Waals surface area contributed by atoms with Gasteiger partial charge in [-0.15, -0.1) is 0 Å². The van der Waals surface area contributed by atoms with Gasteiger partial charge in [0.1, 0.15) is 11.7 Å². The first-order valence-corrected chi connectivity index (χ1v) is 12.6. The molecule has 2 amide bonds. The van der Waals surface area contributed by atoms with Gasteiger partial charge in [0.05, 0.1) is 19.2 Å². The lowest BCUT2D eigenvalue weighted by Crippen LogP contribution is -2.50. The van der Waals surface area contributed by atoms with Gasteiger partial charge in [-0.2, -0.15) is 0 Å². The Kier molecular flexibility index (Phi) is 8.21. The first kappa shape index (κ1) is 25.6. The number of pyridine rings is 2. The van der Waals surface area contributed by atoms with Gasteiger partial charge >= 0.3 is 0 Å². The molecule has 1 fully saturated rings. The van der Waals surface area contributed by atoms with Crippen LogP contribution in [0.1, 0.15) is 65.8 Å². The van der Waals surface area contributed by atoms with E-state index in [9.17, 15) is 14.7 Å². The molecule has 2 aromatic rings. The number of carbonyl (C=O) groups excluding carboxylic acids is 2. The first-order chi connectivity index (χ1) is 17.4. The summed E-state index contributed by atoms with van der Waals surface area (Å²) in [5.41, 5.74) is 1.54. The van der Waals surface area contributed by atoms with E-state index in [0.29, 0.717) is 35.7 Å². The molecule has 1 aliphatic carbocycles. The van der Waals surface area contributed by atoms with E-state index < -0.39 is 6.10 Å². The van der Waals surface area contributed by atoms with Crippen molar-refractivity contribution in [2.24, 2.45) is 11.8 Å². The minimum absolute atomic E-state index is 0.118. The number of likely N-dealkylation sites (N-methyl/N-ethyl adjacent to an activating group) is 1. The van der Waals surface area contributed by atoms with Crippen molar-refractivity contribution in [2.75, 3.05) is 26.7 Å². The highest BCUT2D eigenvalue weighted by molar-refractivity contribution is 5.97. The van der Waals surface area contributed by atoms with Gasteiger partial charge in [-0.1, -0.05) is 31.6 Å². The Bertz CT molecular complexity index is 1140. The molecule has 3 heterocycles. The monoisotopic (exact) mass is 490 g/mol. The number of hydrogen-bond acceptors (Lipinski definition) is 6. The number of aliphatic hydroxyl groups excluding tert-OH is 1. The number of aliphatic hydroxyl groups is 1. The standard InChI is InChI=1S/C28H34N4O4/c1-19-16-32(20(2)18-33)28(35)24-14-22(9-8-21-6-4-5-7-21)15-30-26(24)36-25(19)17-31(3)27(34)23-10-12-29-13-11-23/h10-15,19-21,25,33H,4-7,16-18H2,1-3H3/t19-,20+,25-/m1/s1. The van der Waals surface area contributed by atoms with Crippen LogP contribution in [0.3, 0.4) is 0 Å². The highest BCUT2D eigenvalue weighted by Gasteiger charge is 2.34. The van der Waals surface area contributed by atoms with Gasteiger partial charge in [0, 0.05) is 55.1 Å². The van der Waals surface area contributed by atoms with Gasteiger partial charge in [0.25, 0.3) is 11.8 Å². The zero-order chi connectivity index (χ0) is 25.7. The Morgan fingerprint density at radius 1 is 1.31 bits per heavy atom. The molecule has 1 saturated carbocycles. The summed E-state index contributed by atoms with van der Waals surface area (Å²) in [5.74, 6) is 6.63. The Balaban J connectivity index is 1.62. The Labute approximate surface area is 212 Å². The van der Waals surface area contributed by atoms with Crippen molar-refractivity contribution in [1.82, 2.24) is 19.8 Å². The highest BCUT2D eigenvalue weighted by Crippen LogP contribution is 2.28. The predicted molar refractivity (Wildman–Crippen MR) is 135 cm³/mol. The van der Waals surface area contributed by atoms with Crippen LogP contribution in [0.4, 0.5) is 0 Å². The van der Waals surface area contributed by atoms with Crippen molar-refractivity contribution in [3.8, 4) is 17.7 Å². The van der Waals surface area contributed by atoms with Gasteiger partial charge in [0.15, 0.2) is 0 Å². The maximum atomic E-state index is 13.5. The SMILES string of the molecule is C[C@@H]1CN([C@@H](C)CO)C(=O)c2cc(C#CC3CCCC3)cnc2O[C@@H]1CN(C)C(=O)c1ccncc1. The Morgan fingerprint density at radius 2 is 2.03 bits per heavy atom.